The van der Waals surface area contributed by atoms with Crippen LogP contribution in [0.5, 0.6) is 0 Å². The van der Waals surface area contributed by atoms with Crippen molar-refractivity contribution >= 4 is 20.9 Å². The molecule has 0 aliphatic heterocycles. The van der Waals surface area contributed by atoms with Crippen LogP contribution in [0.1, 0.15) is 31.5 Å². The summed E-state index contributed by atoms with van der Waals surface area (Å²) in [6.07, 6.45) is 7.41. The molecule has 0 unspecified atom stereocenters. The lowest BCUT2D eigenvalue weighted by molar-refractivity contribution is 0.534. The van der Waals surface area contributed by atoms with E-state index in [9.17, 15) is 8.42 Å². The van der Waals surface area contributed by atoms with E-state index < -0.39 is 9.84 Å². The van der Waals surface area contributed by atoms with Gasteiger partial charge in [0.2, 0.25) is 0 Å². The van der Waals surface area contributed by atoms with Crippen molar-refractivity contribution in [3.63, 3.8) is 0 Å². The molecule has 1 aliphatic carbocycles. The fourth-order valence-corrected chi connectivity index (χ4v) is 3.50. The van der Waals surface area contributed by atoms with Crippen LogP contribution in [0, 0.1) is 5.92 Å². The highest BCUT2D eigenvalue weighted by molar-refractivity contribution is 7.90. The topological polar surface area (TPSA) is 62.8 Å². The highest BCUT2D eigenvalue weighted by Gasteiger charge is 2.17. The van der Waals surface area contributed by atoms with Crippen molar-refractivity contribution in [2.75, 3.05) is 6.26 Å². The van der Waals surface area contributed by atoms with E-state index in [0.29, 0.717) is 4.90 Å². The number of nitrogens with one attached hydrogen (secondary N) is 1. The first kappa shape index (κ1) is 12.7. The Morgan fingerprint density at radius 3 is 2.74 bits per heavy atom. The van der Waals surface area contributed by atoms with Crippen LogP contribution in [-0.4, -0.2) is 24.6 Å². The largest absolute Gasteiger partial charge is 0.342 e. The molecule has 0 amide bonds. The number of rotatable bonds is 3. The molecule has 1 aliphatic rings. The van der Waals surface area contributed by atoms with Crippen LogP contribution in [0.15, 0.2) is 23.1 Å². The molecule has 0 spiro atoms. The Hall–Kier alpha value is -1.36. The van der Waals surface area contributed by atoms with Gasteiger partial charge < -0.3 is 4.98 Å². The predicted molar refractivity (Wildman–Crippen MR) is 74.9 cm³/mol. The second-order valence-corrected chi connectivity index (χ2v) is 7.50. The first-order chi connectivity index (χ1) is 9.02. The van der Waals surface area contributed by atoms with Crippen molar-refractivity contribution in [3.05, 3.63) is 24.0 Å². The van der Waals surface area contributed by atoms with Crippen LogP contribution in [0.2, 0.25) is 0 Å². The van der Waals surface area contributed by atoms with Gasteiger partial charge in [-0.3, -0.25) is 0 Å². The lowest BCUT2D eigenvalue weighted by Gasteiger charge is -2.04. The van der Waals surface area contributed by atoms with Gasteiger partial charge >= 0.3 is 0 Å². The predicted octanol–water partition coefficient (Wildman–Crippen LogP) is 2.70. The van der Waals surface area contributed by atoms with Crippen molar-refractivity contribution in [2.45, 2.75) is 37.0 Å². The number of aromatic nitrogens is 2. The molecule has 1 heterocycles. The highest BCUT2D eigenvalue weighted by atomic mass is 32.2. The van der Waals surface area contributed by atoms with E-state index in [-0.39, 0.29) is 0 Å². The Balaban J connectivity index is 1.92. The van der Waals surface area contributed by atoms with E-state index in [1.54, 1.807) is 18.2 Å². The van der Waals surface area contributed by atoms with Gasteiger partial charge in [-0.1, -0.05) is 25.7 Å². The monoisotopic (exact) mass is 278 g/mol. The Morgan fingerprint density at radius 2 is 2.05 bits per heavy atom. The number of aromatic amines is 1. The van der Waals surface area contributed by atoms with Crippen LogP contribution < -0.4 is 0 Å². The molecular weight excluding hydrogens is 260 g/mol. The van der Waals surface area contributed by atoms with Gasteiger partial charge in [0.1, 0.15) is 5.82 Å². The van der Waals surface area contributed by atoms with Crippen molar-refractivity contribution < 1.29 is 8.42 Å². The van der Waals surface area contributed by atoms with Crippen LogP contribution in [0.3, 0.4) is 0 Å². The van der Waals surface area contributed by atoms with Crippen LogP contribution in [-0.2, 0) is 16.3 Å². The van der Waals surface area contributed by atoms with Gasteiger partial charge in [0.05, 0.1) is 15.9 Å². The third-order valence-corrected chi connectivity index (χ3v) is 5.00. The summed E-state index contributed by atoms with van der Waals surface area (Å²) in [5, 5.41) is 0. The normalized spacial score (nSPS) is 17.3. The minimum atomic E-state index is -3.16. The molecule has 0 radical (unpaired) electrons. The number of fused-ring (bicyclic) bond motifs is 1. The first-order valence-electron chi connectivity index (χ1n) is 6.71. The van der Waals surface area contributed by atoms with Gasteiger partial charge in [0.25, 0.3) is 0 Å². The standard InChI is InChI=1S/C14H18N2O2S/c1-19(17,18)11-6-7-12-13(9-11)16-14(15-12)8-10-4-2-3-5-10/h6-7,9-10H,2-5,8H2,1H3,(H,15,16). The number of sulfone groups is 1. The molecule has 1 aromatic heterocycles. The summed E-state index contributed by atoms with van der Waals surface area (Å²) >= 11 is 0. The summed E-state index contributed by atoms with van der Waals surface area (Å²) in [6, 6.07) is 5.08. The molecule has 19 heavy (non-hydrogen) atoms. The lowest BCUT2D eigenvalue weighted by atomic mass is 10.0. The molecule has 5 heteroatoms. The number of benzene rings is 1. The fourth-order valence-electron chi connectivity index (χ4n) is 2.86. The quantitative estimate of drug-likeness (QED) is 0.939. The van der Waals surface area contributed by atoms with E-state index >= 15 is 0 Å². The molecule has 0 saturated heterocycles. The molecular formula is C14H18N2O2S. The zero-order valence-electron chi connectivity index (χ0n) is 11.0. The summed E-state index contributed by atoms with van der Waals surface area (Å²) in [6.45, 7) is 0. The van der Waals surface area contributed by atoms with Crippen LogP contribution >= 0.6 is 0 Å². The lowest BCUT2D eigenvalue weighted by Crippen LogP contribution is -2.00. The van der Waals surface area contributed by atoms with Gasteiger partial charge in [-0.05, 0) is 24.1 Å². The first-order valence-corrected chi connectivity index (χ1v) is 8.60. The van der Waals surface area contributed by atoms with E-state index in [0.717, 1.165) is 29.2 Å². The summed E-state index contributed by atoms with van der Waals surface area (Å²) in [5.41, 5.74) is 1.66. The molecule has 1 aromatic carbocycles. The van der Waals surface area contributed by atoms with Crippen molar-refractivity contribution in [2.24, 2.45) is 5.92 Å². The molecule has 1 N–H and O–H groups in total. The maximum absolute atomic E-state index is 11.5. The number of nitrogens with zero attached hydrogens (tertiary/aromatic N) is 1. The average Bonchev–Trinajstić information content (AvgIpc) is 2.95. The van der Waals surface area contributed by atoms with Crippen molar-refractivity contribution in [1.29, 1.82) is 0 Å². The Kier molecular flexibility index (Phi) is 3.09. The Morgan fingerprint density at radius 1 is 1.32 bits per heavy atom. The van der Waals surface area contributed by atoms with Gasteiger partial charge in [-0.25, -0.2) is 13.4 Å². The van der Waals surface area contributed by atoms with Gasteiger partial charge in [-0.15, -0.1) is 0 Å². The Bertz CT molecular complexity index is 697. The number of hydrogen-bond donors (Lipinski definition) is 1. The zero-order valence-corrected chi connectivity index (χ0v) is 11.8. The van der Waals surface area contributed by atoms with Gasteiger partial charge in [-0.2, -0.15) is 0 Å². The molecule has 1 fully saturated rings. The summed E-state index contributed by atoms with van der Waals surface area (Å²) < 4.78 is 23.1. The molecule has 102 valence electrons. The second-order valence-electron chi connectivity index (χ2n) is 5.49. The Labute approximate surface area is 113 Å². The third-order valence-electron chi connectivity index (χ3n) is 3.89. The molecule has 3 rings (SSSR count). The molecule has 4 nitrogen and oxygen atoms in total. The van der Waals surface area contributed by atoms with Crippen molar-refractivity contribution in [3.8, 4) is 0 Å². The summed E-state index contributed by atoms with van der Waals surface area (Å²) in [5.74, 6) is 1.71. The van der Waals surface area contributed by atoms with Crippen LogP contribution in [0.25, 0.3) is 11.0 Å². The summed E-state index contributed by atoms with van der Waals surface area (Å²) in [7, 11) is -3.16. The SMILES string of the molecule is CS(=O)(=O)c1ccc2nc(CC3CCCC3)[nH]c2c1. The smallest absolute Gasteiger partial charge is 0.175 e. The fraction of sp³-hybridized carbons (Fsp3) is 0.500. The summed E-state index contributed by atoms with van der Waals surface area (Å²) in [4.78, 5) is 8.15. The second kappa shape index (κ2) is 4.63. The van der Waals surface area contributed by atoms with E-state index in [2.05, 4.69) is 9.97 Å². The van der Waals surface area contributed by atoms with E-state index in [1.807, 2.05) is 0 Å². The maximum atomic E-state index is 11.5. The zero-order chi connectivity index (χ0) is 13.5. The highest BCUT2D eigenvalue weighted by Crippen LogP contribution is 2.28. The molecule has 0 atom stereocenters. The van der Waals surface area contributed by atoms with Crippen molar-refractivity contribution in [1.82, 2.24) is 9.97 Å². The number of imidazole rings is 1. The minimum Gasteiger partial charge on any atom is -0.342 e. The third kappa shape index (κ3) is 2.66. The minimum absolute atomic E-state index is 0.344. The van der Waals surface area contributed by atoms with E-state index in [1.165, 1.54) is 31.9 Å². The number of H-pyrrole nitrogens is 1. The molecule has 2 aromatic rings. The number of hydrogen-bond acceptors (Lipinski definition) is 3. The average molecular weight is 278 g/mol. The maximum Gasteiger partial charge on any atom is 0.175 e. The van der Waals surface area contributed by atoms with Gasteiger partial charge in [0.15, 0.2) is 9.84 Å². The van der Waals surface area contributed by atoms with Gasteiger partial charge in [0, 0.05) is 12.7 Å². The molecule has 1 saturated carbocycles. The van der Waals surface area contributed by atoms with Crippen LogP contribution in [0.4, 0.5) is 0 Å². The van der Waals surface area contributed by atoms with E-state index in [4.69, 9.17) is 0 Å². The molecule has 0 bridgehead atoms.